The van der Waals surface area contributed by atoms with Crippen molar-refractivity contribution in [2.75, 3.05) is 20.8 Å². The predicted molar refractivity (Wildman–Crippen MR) is 125 cm³/mol. The summed E-state index contributed by atoms with van der Waals surface area (Å²) < 4.78 is 26.7. The molecule has 186 valence electrons. The minimum Gasteiger partial charge on any atom is -0.493 e. The molecule has 1 atom stereocenters. The molecule has 11 nitrogen and oxygen atoms in total. The molecular formula is C23H23BrN2O9. The van der Waals surface area contributed by atoms with Crippen LogP contribution in [0.25, 0.3) is 6.08 Å². The van der Waals surface area contributed by atoms with Gasteiger partial charge in [0.1, 0.15) is 11.5 Å². The minimum absolute atomic E-state index is 0.0384. The number of halogens is 1. The molecule has 0 aliphatic carbocycles. The number of methoxy groups -OCH3 is 2. The van der Waals surface area contributed by atoms with Gasteiger partial charge in [0.05, 0.1) is 27.4 Å². The molecule has 3 rings (SSSR count). The van der Waals surface area contributed by atoms with E-state index >= 15 is 0 Å². The fourth-order valence-electron chi connectivity index (χ4n) is 3.16. The van der Waals surface area contributed by atoms with Crippen LogP contribution in [0.4, 0.5) is 4.79 Å². The first kappa shape index (κ1) is 25.8. The first-order chi connectivity index (χ1) is 16.7. The van der Waals surface area contributed by atoms with Gasteiger partial charge >= 0.3 is 18.0 Å². The Kier molecular flexibility index (Phi) is 8.18. The number of urea groups is 1. The van der Waals surface area contributed by atoms with E-state index in [1.807, 2.05) is 0 Å². The van der Waals surface area contributed by atoms with Crippen LogP contribution in [0.15, 0.2) is 38.9 Å². The number of amides is 3. The summed E-state index contributed by atoms with van der Waals surface area (Å²) in [6, 6.07) is 5.45. The van der Waals surface area contributed by atoms with Crippen LogP contribution in [-0.2, 0) is 25.6 Å². The molecule has 0 saturated carbocycles. The zero-order chi connectivity index (χ0) is 25.7. The van der Waals surface area contributed by atoms with Crippen LogP contribution >= 0.6 is 15.9 Å². The van der Waals surface area contributed by atoms with Crippen molar-refractivity contribution >= 4 is 45.9 Å². The third kappa shape index (κ3) is 5.83. The summed E-state index contributed by atoms with van der Waals surface area (Å²) in [6.45, 7) is 3.19. The molecule has 12 heteroatoms. The number of rotatable bonds is 9. The lowest BCUT2D eigenvalue weighted by Crippen LogP contribution is -2.30. The molecule has 0 spiro atoms. The number of esters is 2. The Morgan fingerprint density at radius 2 is 1.97 bits per heavy atom. The molecule has 1 aromatic carbocycles. The molecule has 35 heavy (non-hydrogen) atoms. The highest BCUT2D eigenvalue weighted by Crippen LogP contribution is 2.37. The third-order valence-corrected chi connectivity index (χ3v) is 5.26. The first-order valence-electron chi connectivity index (χ1n) is 10.4. The van der Waals surface area contributed by atoms with Crippen molar-refractivity contribution in [3.63, 3.8) is 0 Å². The van der Waals surface area contributed by atoms with Gasteiger partial charge in [-0.2, -0.15) is 0 Å². The van der Waals surface area contributed by atoms with Crippen LogP contribution < -0.4 is 14.8 Å². The molecule has 2 heterocycles. The van der Waals surface area contributed by atoms with Crippen LogP contribution in [0.3, 0.4) is 0 Å². The van der Waals surface area contributed by atoms with Crippen LogP contribution in [0.1, 0.15) is 35.7 Å². The second-order valence-electron chi connectivity index (χ2n) is 7.18. The van der Waals surface area contributed by atoms with E-state index in [1.54, 1.807) is 19.1 Å². The lowest BCUT2D eigenvalue weighted by Gasteiger charge is -2.18. The molecule has 0 unspecified atom stereocenters. The second kappa shape index (κ2) is 11.1. The average Bonchev–Trinajstić information content (AvgIpc) is 3.40. The molecule has 1 aliphatic rings. The van der Waals surface area contributed by atoms with Crippen molar-refractivity contribution in [1.29, 1.82) is 0 Å². The summed E-state index contributed by atoms with van der Waals surface area (Å²) in [7, 11) is 2.64. The van der Waals surface area contributed by atoms with Gasteiger partial charge in [0.25, 0.3) is 5.91 Å². The van der Waals surface area contributed by atoms with Gasteiger partial charge in [0.2, 0.25) is 5.76 Å². The largest absolute Gasteiger partial charge is 0.493 e. The van der Waals surface area contributed by atoms with E-state index in [4.69, 9.17) is 18.6 Å². The van der Waals surface area contributed by atoms with Gasteiger partial charge in [0.15, 0.2) is 17.6 Å². The Morgan fingerprint density at radius 1 is 1.23 bits per heavy atom. The smallest absolute Gasteiger partial charge is 0.373 e. The summed E-state index contributed by atoms with van der Waals surface area (Å²) in [6.07, 6.45) is 0.443. The van der Waals surface area contributed by atoms with Gasteiger partial charge in [-0.15, -0.1) is 0 Å². The maximum Gasteiger partial charge on any atom is 0.373 e. The molecule has 3 amide bonds. The van der Waals surface area contributed by atoms with E-state index < -0.39 is 30.0 Å². The van der Waals surface area contributed by atoms with Crippen molar-refractivity contribution in [1.82, 2.24) is 10.2 Å². The number of hydrogen-bond acceptors (Lipinski definition) is 9. The topological polar surface area (TPSA) is 134 Å². The van der Waals surface area contributed by atoms with E-state index in [9.17, 15) is 19.2 Å². The summed E-state index contributed by atoms with van der Waals surface area (Å²) in [4.78, 5) is 50.0. The van der Waals surface area contributed by atoms with Crippen LogP contribution in [0.2, 0.25) is 0 Å². The number of hydrogen-bond donors (Lipinski definition) is 1. The highest BCUT2D eigenvalue weighted by Gasteiger charge is 2.35. The van der Waals surface area contributed by atoms with E-state index in [2.05, 4.69) is 26.0 Å². The van der Waals surface area contributed by atoms with Gasteiger partial charge in [-0.1, -0.05) is 15.9 Å². The van der Waals surface area contributed by atoms with Gasteiger partial charge in [0, 0.05) is 10.0 Å². The van der Waals surface area contributed by atoms with Crippen LogP contribution in [0, 0.1) is 0 Å². The highest BCUT2D eigenvalue weighted by atomic mass is 79.9. The lowest BCUT2D eigenvalue weighted by atomic mass is 10.1. The highest BCUT2D eigenvalue weighted by molar-refractivity contribution is 9.10. The molecule has 1 aromatic heterocycles. The molecular weight excluding hydrogens is 528 g/mol. The number of nitrogens with zero attached hydrogens (tertiary/aromatic N) is 1. The SMILES string of the molecule is CCOC(=O)[C@@H](C)Oc1c(/C=C2\NC(=O)N(Cc3ccc(C(=O)OC)o3)C2=O)cc(Br)cc1OC. The Balaban J connectivity index is 1.89. The molecule has 2 aromatic rings. The minimum atomic E-state index is -0.962. The standard InChI is InChI=1S/C23H23BrN2O9/c1-5-33-21(28)12(2)34-19-13(8-14(24)10-18(19)31-3)9-16-20(27)26(23(30)25-16)11-15-6-7-17(35-15)22(29)32-4/h6-10,12H,5,11H2,1-4H3,(H,25,30)/b16-9-/t12-/m1/s1. The third-order valence-electron chi connectivity index (χ3n) is 4.81. The average molecular weight is 551 g/mol. The number of ether oxygens (including phenoxy) is 4. The van der Waals surface area contributed by atoms with Crippen molar-refractivity contribution in [2.24, 2.45) is 0 Å². The number of nitrogens with one attached hydrogen (secondary N) is 1. The number of imide groups is 1. The monoisotopic (exact) mass is 550 g/mol. The molecule has 1 aliphatic heterocycles. The maximum absolute atomic E-state index is 13.0. The van der Waals surface area contributed by atoms with Crippen molar-refractivity contribution in [3.05, 3.63) is 51.5 Å². The Hall–Kier alpha value is -3.80. The zero-order valence-corrected chi connectivity index (χ0v) is 21.0. The summed E-state index contributed by atoms with van der Waals surface area (Å²) in [5.41, 5.74) is 0.326. The number of furan rings is 1. The van der Waals surface area contributed by atoms with Crippen molar-refractivity contribution in [3.8, 4) is 11.5 Å². The molecule has 1 N–H and O–H groups in total. The van der Waals surface area contributed by atoms with E-state index in [0.717, 1.165) is 4.90 Å². The lowest BCUT2D eigenvalue weighted by molar-refractivity contribution is -0.150. The fraction of sp³-hybridized carbons (Fsp3) is 0.304. The Morgan fingerprint density at radius 3 is 2.63 bits per heavy atom. The normalized spacial score (nSPS) is 15.1. The summed E-state index contributed by atoms with van der Waals surface area (Å²) >= 11 is 3.37. The fourth-order valence-corrected chi connectivity index (χ4v) is 3.61. The van der Waals surface area contributed by atoms with Crippen LogP contribution in [0.5, 0.6) is 11.5 Å². The first-order valence-corrected chi connectivity index (χ1v) is 11.2. The van der Waals surface area contributed by atoms with Gasteiger partial charge in [-0.3, -0.25) is 9.69 Å². The number of carbonyl (C=O) groups excluding carboxylic acids is 4. The molecule has 0 bridgehead atoms. The molecule has 1 fully saturated rings. The van der Waals surface area contributed by atoms with E-state index in [0.29, 0.717) is 15.8 Å². The quantitative estimate of drug-likeness (QED) is 0.283. The maximum atomic E-state index is 13.0. The van der Waals surface area contributed by atoms with Gasteiger partial charge in [-0.05, 0) is 44.2 Å². The van der Waals surface area contributed by atoms with Crippen molar-refractivity contribution in [2.45, 2.75) is 26.5 Å². The molecule has 1 saturated heterocycles. The number of carbonyl (C=O) groups is 4. The van der Waals surface area contributed by atoms with Crippen molar-refractivity contribution < 1.29 is 42.5 Å². The van der Waals surface area contributed by atoms with E-state index in [-0.39, 0.29) is 36.1 Å². The zero-order valence-electron chi connectivity index (χ0n) is 19.4. The van der Waals surface area contributed by atoms with Crippen LogP contribution in [-0.4, -0.2) is 55.7 Å². The van der Waals surface area contributed by atoms with E-state index in [1.165, 1.54) is 39.4 Å². The number of benzene rings is 1. The summed E-state index contributed by atoms with van der Waals surface area (Å²) in [5, 5.41) is 2.51. The predicted octanol–water partition coefficient (Wildman–Crippen LogP) is 3.26. The van der Waals surface area contributed by atoms with Gasteiger partial charge in [-0.25, -0.2) is 14.4 Å². The Bertz CT molecular complexity index is 1190. The van der Waals surface area contributed by atoms with Gasteiger partial charge < -0.3 is 28.7 Å². The summed E-state index contributed by atoms with van der Waals surface area (Å²) in [5.74, 6) is -1.25. The Labute approximate surface area is 209 Å². The second-order valence-corrected chi connectivity index (χ2v) is 8.09. The molecule has 0 radical (unpaired) electrons.